The summed E-state index contributed by atoms with van der Waals surface area (Å²) in [5.41, 5.74) is 0.220. The first kappa shape index (κ1) is 19.7. The van der Waals surface area contributed by atoms with Crippen LogP contribution in [-0.4, -0.2) is 64.2 Å². The van der Waals surface area contributed by atoms with Gasteiger partial charge in [-0.3, -0.25) is 9.59 Å². The highest BCUT2D eigenvalue weighted by Crippen LogP contribution is 2.52. The van der Waals surface area contributed by atoms with Crippen LogP contribution in [0.3, 0.4) is 0 Å². The highest BCUT2D eigenvalue weighted by molar-refractivity contribution is 5.93. The van der Waals surface area contributed by atoms with E-state index < -0.39 is 23.5 Å². The Bertz CT molecular complexity index is 1070. The van der Waals surface area contributed by atoms with Gasteiger partial charge in [-0.2, -0.15) is 0 Å². The van der Waals surface area contributed by atoms with Crippen LogP contribution in [0, 0.1) is 18.8 Å². The molecule has 2 aromatic rings. The predicted octanol–water partition coefficient (Wildman–Crippen LogP) is 1.33. The minimum absolute atomic E-state index is 0.0601. The van der Waals surface area contributed by atoms with E-state index in [4.69, 9.17) is 13.9 Å². The van der Waals surface area contributed by atoms with Gasteiger partial charge in [0.2, 0.25) is 23.6 Å². The van der Waals surface area contributed by atoms with Crippen LogP contribution < -0.4 is 4.74 Å². The summed E-state index contributed by atoms with van der Waals surface area (Å²) in [6, 6.07) is 7.64. The van der Waals surface area contributed by atoms with Gasteiger partial charge in [-0.15, -0.1) is 10.2 Å². The Morgan fingerprint density at radius 3 is 2.97 bits per heavy atom. The van der Waals surface area contributed by atoms with E-state index in [-0.39, 0.29) is 18.4 Å². The summed E-state index contributed by atoms with van der Waals surface area (Å²) in [5, 5.41) is 7.76. The third-order valence-electron chi connectivity index (χ3n) is 6.29. The summed E-state index contributed by atoms with van der Waals surface area (Å²) >= 11 is 0. The van der Waals surface area contributed by atoms with Crippen LogP contribution >= 0.6 is 0 Å². The quantitative estimate of drug-likeness (QED) is 0.645. The number of aryl methyl sites for hydroxylation is 1. The first-order chi connectivity index (χ1) is 14.9. The summed E-state index contributed by atoms with van der Waals surface area (Å²) in [5.74, 6) is 0.226. The number of nitrogens with zero attached hydrogens (tertiary/aromatic N) is 4. The van der Waals surface area contributed by atoms with Crippen LogP contribution in [0.1, 0.15) is 17.3 Å². The number of carbonyl (C=O) groups is 2. The van der Waals surface area contributed by atoms with Crippen LogP contribution in [0.25, 0.3) is 0 Å². The van der Waals surface area contributed by atoms with Gasteiger partial charge in [0.25, 0.3) is 0 Å². The molecule has 2 bridgehead atoms. The van der Waals surface area contributed by atoms with Crippen molar-refractivity contribution in [1.29, 1.82) is 0 Å². The number of likely N-dealkylation sites (tertiary alicyclic amines) is 1. The van der Waals surface area contributed by atoms with E-state index in [0.29, 0.717) is 24.9 Å². The molecule has 5 rings (SSSR count). The summed E-state index contributed by atoms with van der Waals surface area (Å²) < 4.78 is 16.9. The van der Waals surface area contributed by atoms with E-state index in [2.05, 4.69) is 10.2 Å². The fraction of sp³-hybridized carbons (Fsp3) is 0.455. The van der Waals surface area contributed by atoms with Crippen LogP contribution in [0.15, 0.2) is 40.8 Å². The van der Waals surface area contributed by atoms with Crippen molar-refractivity contribution in [3.8, 4) is 5.75 Å². The Labute approximate surface area is 179 Å². The molecule has 2 amide bonds. The van der Waals surface area contributed by atoms with Gasteiger partial charge in [-0.1, -0.05) is 24.3 Å². The molecule has 0 N–H and O–H groups in total. The topological polar surface area (TPSA) is 98.0 Å². The van der Waals surface area contributed by atoms with Gasteiger partial charge < -0.3 is 23.7 Å². The summed E-state index contributed by atoms with van der Waals surface area (Å²) in [4.78, 5) is 30.0. The molecule has 1 aromatic carbocycles. The molecular formula is C22H24N4O5. The fourth-order valence-electron chi connectivity index (χ4n) is 4.92. The number of rotatable bonds is 6. The molecule has 0 aliphatic carbocycles. The number of hydrogen-bond donors (Lipinski definition) is 0. The average molecular weight is 424 g/mol. The molecule has 9 heteroatoms. The number of aromatic nitrogens is 2. The normalized spacial score (nSPS) is 28.3. The Hall–Kier alpha value is -3.20. The molecule has 0 saturated carbocycles. The van der Waals surface area contributed by atoms with E-state index in [1.54, 1.807) is 26.0 Å². The van der Waals surface area contributed by atoms with Crippen LogP contribution in [0.4, 0.5) is 0 Å². The minimum atomic E-state index is -0.747. The fourth-order valence-corrected chi connectivity index (χ4v) is 4.92. The number of fused-ring (bicyclic) bond motifs is 1. The van der Waals surface area contributed by atoms with Crippen LogP contribution in [-0.2, 0) is 27.4 Å². The van der Waals surface area contributed by atoms with Crippen LogP contribution in [0.5, 0.6) is 5.75 Å². The molecule has 2 saturated heterocycles. The van der Waals surface area contributed by atoms with Crippen molar-refractivity contribution in [2.24, 2.45) is 11.8 Å². The van der Waals surface area contributed by atoms with Gasteiger partial charge in [0.05, 0.1) is 38.1 Å². The van der Waals surface area contributed by atoms with Gasteiger partial charge in [0.15, 0.2) is 0 Å². The Morgan fingerprint density at radius 1 is 1.39 bits per heavy atom. The van der Waals surface area contributed by atoms with E-state index >= 15 is 0 Å². The van der Waals surface area contributed by atoms with Gasteiger partial charge >= 0.3 is 0 Å². The monoisotopic (exact) mass is 424 g/mol. The zero-order chi connectivity index (χ0) is 21.8. The maximum Gasteiger partial charge on any atom is 0.235 e. The number of benzene rings is 1. The molecule has 0 unspecified atom stereocenters. The van der Waals surface area contributed by atoms with Crippen molar-refractivity contribution in [3.05, 3.63) is 53.8 Å². The molecule has 4 heterocycles. The highest BCUT2D eigenvalue weighted by atomic mass is 16.5. The minimum Gasteiger partial charge on any atom is -0.497 e. The number of amides is 2. The van der Waals surface area contributed by atoms with E-state index in [0.717, 1.165) is 11.3 Å². The zero-order valence-electron chi connectivity index (χ0n) is 17.6. The standard InChI is InChI=1S/C22H24N4O5/c1-13-23-24-17(30-13)11-25(2)20(27)18-16-7-8-22(31-16)12-26(21(28)19(18)22)10-14-5-4-6-15(9-14)29-3/h4-9,16,18-19H,10-12H2,1-3H3/t16-,18+,19-,22-/m0/s1. The van der Waals surface area contributed by atoms with Gasteiger partial charge in [-0.25, -0.2) is 0 Å². The lowest BCUT2D eigenvalue weighted by atomic mass is 9.76. The lowest BCUT2D eigenvalue weighted by molar-refractivity contribution is -0.143. The van der Waals surface area contributed by atoms with E-state index in [1.165, 1.54) is 4.90 Å². The second-order valence-electron chi connectivity index (χ2n) is 8.35. The SMILES string of the molecule is COc1cccc(CN2C[C@]34C=C[C@H](O3)[C@@H](C(=O)N(C)Cc3nnc(C)o3)[C@H]4C2=O)c1. The van der Waals surface area contributed by atoms with Crippen molar-refractivity contribution in [3.63, 3.8) is 0 Å². The summed E-state index contributed by atoms with van der Waals surface area (Å²) in [6.45, 7) is 2.75. The molecule has 0 radical (unpaired) electrons. The zero-order valence-corrected chi connectivity index (χ0v) is 17.6. The summed E-state index contributed by atoms with van der Waals surface area (Å²) in [6.07, 6.45) is 3.47. The van der Waals surface area contributed by atoms with Gasteiger partial charge in [-0.05, 0) is 17.7 Å². The van der Waals surface area contributed by atoms with Crippen molar-refractivity contribution >= 4 is 11.8 Å². The lowest BCUT2D eigenvalue weighted by Crippen LogP contribution is -2.44. The molecule has 3 aliphatic heterocycles. The van der Waals surface area contributed by atoms with Crippen molar-refractivity contribution in [2.75, 3.05) is 20.7 Å². The lowest BCUT2D eigenvalue weighted by Gasteiger charge is -2.27. The molecule has 4 atom stereocenters. The second kappa shape index (κ2) is 7.19. The van der Waals surface area contributed by atoms with Crippen LogP contribution in [0.2, 0.25) is 0 Å². The first-order valence-corrected chi connectivity index (χ1v) is 10.2. The molecule has 3 aliphatic rings. The molecule has 31 heavy (non-hydrogen) atoms. The molecule has 162 valence electrons. The van der Waals surface area contributed by atoms with Crippen molar-refractivity contribution in [1.82, 2.24) is 20.0 Å². The Kier molecular flexibility index (Phi) is 4.58. The first-order valence-electron chi connectivity index (χ1n) is 10.2. The Morgan fingerprint density at radius 2 is 2.23 bits per heavy atom. The maximum absolute atomic E-state index is 13.4. The highest BCUT2D eigenvalue weighted by Gasteiger charge is 2.67. The number of hydrogen-bond acceptors (Lipinski definition) is 7. The molecule has 1 aromatic heterocycles. The molecular weight excluding hydrogens is 400 g/mol. The largest absolute Gasteiger partial charge is 0.497 e. The third-order valence-corrected chi connectivity index (χ3v) is 6.29. The van der Waals surface area contributed by atoms with E-state index in [9.17, 15) is 9.59 Å². The van der Waals surface area contributed by atoms with Crippen molar-refractivity contribution < 1.29 is 23.5 Å². The average Bonchev–Trinajstić information content (AvgIpc) is 3.50. The second-order valence-corrected chi connectivity index (χ2v) is 8.35. The molecule has 2 fully saturated rings. The number of ether oxygens (including phenoxy) is 2. The molecule has 1 spiro atoms. The molecule has 9 nitrogen and oxygen atoms in total. The predicted molar refractivity (Wildman–Crippen MR) is 108 cm³/mol. The van der Waals surface area contributed by atoms with Crippen molar-refractivity contribution in [2.45, 2.75) is 31.7 Å². The summed E-state index contributed by atoms with van der Waals surface area (Å²) in [7, 11) is 3.29. The Balaban J connectivity index is 1.35. The number of carbonyl (C=O) groups excluding carboxylic acids is 2. The smallest absolute Gasteiger partial charge is 0.235 e. The number of methoxy groups -OCH3 is 1. The van der Waals surface area contributed by atoms with Gasteiger partial charge in [0.1, 0.15) is 11.4 Å². The van der Waals surface area contributed by atoms with Gasteiger partial charge in [0, 0.05) is 20.5 Å². The third kappa shape index (κ3) is 3.20. The van der Waals surface area contributed by atoms with E-state index in [1.807, 2.05) is 36.4 Å². The maximum atomic E-state index is 13.4.